The van der Waals surface area contributed by atoms with E-state index in [9.17, 15) is 5.11 Å². The molecule has 0 amide bonds. The van der Waals surface area contributed by atoms with Crippen LogP contribution in [0.15, 0.2) is 24.3 Å². The molecule has 0 radical (unpaired) electrons. The van der Waals surface area contributed by atoms with Gasteiger partial charge in [0.1, 0.15) is 5.82 Å². The zero-order valence-corrected chi connectivity index (χ0v) is 12.5. The number of rotatable bonds is 7. The lowest BCUT2D eigenvalue weighted by Crippen LogP contribution is -2.34. The van der Waals surface area contributed by atoms with E-state index in [1.807, 2.05) is 12.1 Å². The zero-order chi connectivity index (χ0) is 14.6. The Morgan fingerprint density at radius 3 is 2.80 bits per heavy atom. The molecule has 0 saturated heterocycles. The van der Waals surface area contributed by atoms with Crippen molar-refractivity contribution >= 4 is 11.0 Å². The lowest BCUT2D eigenvalue weighted by Gasteiger charge is -2.21. The second kappa shape index (κ2) is 6.37. The maximum Gasteiger partial charge on any atom is 0.109 e. The average molecular weight is 275 g/mol. The monoisotopic (exact) mass is 275 g/mol. The van der Waals surface area contributed by atoms with Gasteiger partial charge in [-0.15, -0.1) is 0 Å². The Morgan fingerprint density at radius 1 is 1.35 bits per heavy atom. The van der Waals surface area contributed by atoms with Crippen LogP contribution in [-0.4, -0.2) is 26.8 Å². The molecule has 1 aromatic heterocycles. The Hall–Kier alpha value is -1.39. The molecule has 0 aliphatic heterocycles. The maximum atomic E-state index is 9.99. The molecule has 0 aliphatic rings. The number of hydrogen-bond donors (Lipinski definition) is 2. The maximum absolute atomic E-state index is 9.99. The molecule has 20 heavy (non-hydrogen) atoms. The Bertz CT molecular complexity index is 560. The first-order valence-electron chi connectivity index (χ1n) is 7.44. The van der Waals surface area contributed by atoms with Crippen LogP contribution in [0.25, 0.3) is 11.0 Å². The van der Waals surface area contributed by atoms with Crippen LogP contribution in [-0.2, 0) is 13.0 Å². The number of para-hydroxylation sites is 2. The number of nitrogens with zero attached hydrogens (tertiary/aromatic N) is 2. The van der Waals surface area contributed by atoms with Gasteiger partial charge in [0, 0.05) is 19.5 Å². The summed E-state index contributed by atoms with van der Waals surface area (Å²) >= 11 is 0. The predicted molar refractivity (Wildman–Crippen MR) is 82.6 cm³/mol. The van der Waals surface area contributed by atoms with Crippen LogP contribution in [0.5, 0.6) is 0 Å². The van der Waals surface area contributed by atoms with Gasteiger partial charge in [0.2, 0.25) is 0 Å². The minimum atomic E-state index is -0.763. The molecule has 0 saturated carbocycles. The van der Waals surface area contributed by atoms with Gasteiger partial charge in [-0.1, -0.05) is 19.1 Å². The molecule has 0 spiro atoms. The Morgan fingerprint density at radius 2 is 2.10 bits per heavy atom. The summed E-state index contributed by atoms with van der Waals surface area (Å²) in [5.74, 6) is 1.14. The molecule has 1 unspecified atom stereocenters. The third-order valence-corrected chi connectivity index (χ3v) is 3.74. The number of benzene rings is 1. The van der Waals surface area contributed by atoms with E-state index in [1.165, 1.54) is 5.52 Å². The van der Waals surface area contributed by atoms with Gasteiger partial charge < -0.3 is 15.4 Å². The highest BCUT2D eigenvalue weighted by Crippen LogP contribution is 2.19. The van der Waals surface area contributed by atoms with E-state index in [2.05, 4.69) is 23.6 Å². The van der Waals surface area contributed by atoms with Crippen LogP contribution in [0.2, 0.25) is 0 Å². The third kappa shape index (κ3) is 3.38. The second-order valence-corrected chi connectivity index (χ2v) is 5.72. The number of aliphatic hydroxyl groups is 1. The smallest absolute Gasteiger partial charge is 0.109 e. The van der Waals surface area contributed by atoms with Gasteiger partial charge in [-0.25, -0.2) is 4.98 Å². The summed E-state index contributed by atoms with van der Waals surface area (Å²) in [6.07, 6.45) is 3.69. The van der Waals surface area contributed by atoms with Crippen molar-refractivity contribution < 1.29 is 5.11 Å². The normalized spacial score (nSPS) is 14.6. The van der Waals surface area contributed by atoms with Gasteiger partial charge in [-0.2, -0.15) is 0 Å². The summed E-state index contributed by atoms with van der Waals surface area (Å²) in [5.41, 5.74) is 7.04. The van der Waals surface area contributed by atoms with E-state index in [1.54, 1.807) is 6.92 Å². The molecular formula is C16H25N3O. The van der Waals surface area contributed by atoms with Crippen LogP contribution in [0.3, 0.4) is 0 Å². The molecule has 1 aromatic carbocycles. The van der Waals surface area contributed by atoms with Crippen molar-refractivity contribution in [3.63, 3.8) is 0 Å². The van der Waals surface area contributed by atoms with E-state index in [4.69, 9.17) is 10.7 Å². The van der Waals surface area contributed by atoms with Crippen molar-refractivity contribution in [2.75, 3.05) is 6.54 Å². The molecule has 4 nitrogen and oxygen atoms in total. The first kappa shape index (κ1) is 15.0. The minimum absolute atomic E-state index is 0.305. The molecular weight excluding hydrogens is 250 g/mol. The van der Waals surface area contributed by atoms with E-state index in [0.717, 1.165) is 37.1 Å². The minimum Gasteiger partial charge on any atom is -0.389 e. The molecule has 0 bridgehead atoms. The fourth-order valence-electron chi connectivity index (χ4n) is 2.51. The first-order chi connectivity index (χ1) is 9.57. The largest absolute Gasteiger partial charge is 0.389 e. The number of imidazole rings is 1. The molecule has 110 valence electrons. The van der Waals surface area contributed by atoms with Crippen LogP contribution in [0, 0.1) is 0 Å². The molecule has 0 aliphatic carbocycles. The fourth-order valence-corrected chi connectivity index (χ4v) is 2.51. The van der Waals surface area contributed by atoms with E-state index in [0.29, 0.717) is 13.0 Å². The molecule has 4 heteroatoms. The van der Waals surface area contributed by atoms with Crippen molar-refractivity contribution in [3.05, 3.63) is 30.1 Å². The molecule has 1 atom stereocenters. The van der Waals surface area contributed by atoms with Gasteiger partial charge in [-0.05, 0) is 38.3 Å². The number of aromatic nitrogens is 2. The van der Waals surface area contributed by atoms with Crippen molar-refractivity contribution in [2.24, 2.45) is 5.73 Å². The van der Waals surface area contributed by atoms with E-state index < -0.39 is 5.60 Å². The standard InChI is InChI=1S/C16H25N3O/c1-3-7-15-18-13-8-4-5-9-14(13)19(15)11-6-10-16(2,20)12-17/h4-5,8-9,20H,3,6-7,10-12,17H2,1-2H3. The summed E-state index contributed by atoms with van der Waals surface area (Å²) in [6, 6.07) is 8.24. The van der Waals surface area contributed by atoms with Gasteiger partial charge in [0.05, 0.1) is 16.6 Å². The van der Waals surface area contributed by atoms with Crippen molar-refractivity contribution in [1.82, 2.24) is 9.55 Å². The topological polar surface area (TPSA) is 64.1 Å². The highest BCUT2D eigenvalue weighted by Gasteiger charge is 2.18. The quantitative estimate of drug-likeness (QED) is 0.816. The summed E-state index contributed by atoms with van der Waals surface area (Å²) in [7, 11) is 0. The van der Waals surface area contributed by atoms with Crippen LogP contribution in [0.4, 0.5) is 0 Å². The average Bonchev–Trinajstić information content (AvgIpc) is 2.77. The Balaban J connectivity index is 2.17. The number of aryl methyl sites for hydroxylation is 2. The Labute approximate surface area is 120 Å². The lowest BCUT2D eigenvalue weighted by atomic mass is 10.0. The second-order valence-electron chi connectivity index (χ2n) is 5.72. The van der Waals surface area contributed by atoms with Crippen molar-refractivity contribution in [1.29, 1.82) is 0 Å². The molecule has 3 N–H and O–H groups in total. The molecule has 1 heterocycles. The SMILES string of the molecule is CCCc1nc2ccccc2n1CCCC(C)(O)CN. The van der Waals surface area contributed by atoms with Crippen molar-refractivity contribution in [3.8, 4) is 0 Å². The van der Waals surface area contributed by atoms with Crippen LogP contribution < -0.4 is 5.73 Å². The predicted octanol–water partition coefficient (Wildman–Crippen LogP) is 2.48. The lowest BCUT2D eigenvalue weighted by molar-refractivity contribution is 0.0566. The zero-order valence-electron chi connectivity index (χ0n) is 12.5. The summed E-state index contributed by atoms with van der Waals surface area (Å²) in [4.78, 5) is 4.71. The fraction of sp³-hybridized carbons (Fsp3) is 0.562. The highest BCUT2D eigenvalue weighted by molar-refractivity contribution is 5.75. The van der Waals surface area contributed by atoms with Crippen molar-refractivity contribution in [2.45, 2.75) is 51.7 Å². The van der Waals surface area contributed by atoms with Gasteiger partial charge in [0.25, 0.3) is 0 Å². The summed E-state index contributed by atoms with van der Waals surface area (Å²) < 4.78 is 2.28. The number of hydrogen-bond acceptors (Lipinski definition) is 3. The highest BCUT2D eigenvalue weighted by atomic mass is 16.3. The van der Waals surface area contributed by atoms with Gasteiger partial charge in [0.15, 0.2) is 0 Å². The summed E-state index contributed by atoms with van der Waals surface area (Å²) in [5, 5.41) is 9.99. The summed E-state index contributed by atoms with van der Waals surface area (Å²) in [6.45, 7) is 5.15. The first-order valence-corrected chi connectivity index (χ1v) is 7.44. The molecule has 2 aromatic rings. The van der Waals surface area contributed by atoms with Crippen LogP contribution >= 0.6 is 0 Å². The van der Waals surface area contributed by atoms with Gasteiger partial charge in [-0.3, -0.25) is 0 Å². The molecule has 2 rings (SSSR count). The number of fused-ring (bicyclic) bond motifs is 1. The van der Waals surface area contributed by atoms with Gasteiger partial charge >= 0.3 is 0 Å². The van der Waals surface area contributed by atoms with E-state index in [-0.39, 0.29) is 0 Å². The van der Waals surface area contributed by atoms with E-state index >= 15 is 0 Å². The Kier molecular flexibility index (Phi) is 4.78. The molecule has 0 fully saturated rings. The van der Waals surface area contributed by atoms with Crippen LogP contribution in [0.1, 0.15) is 38.9 Å². The third-order valence-electron chi connectivity index (χ3n) is 3.74. The number of nitrogens with two attached hydrogens (primary N) is 1.